The first-order valence-corrected chi connectivity index (χ1v) is 8.07. The van der Waals surface area contributed by atoms with E-state index in [0.29, 0.717) is 16.1 Å². The fourth-order valence-corrected chi connectivity index (χ4v) is 3.04. The second-order valence-electron chi connectivity index (χ2n) is 5.13. The maximum absolute atomic E-state index is 12.3. The van der Waals surface area contributed by atoms with Crippen molar-refractivity contribution >= 4 is 33.3 Å². The van der Waals surface area contributed by atoms with E-state index in [2.05, 4.69) is 15.5 Å². The first-order chi connectivity index (χ1) is 11.1. The van der Waals surface area contributed by atoms with E-state index in [9.17, 15) is 9.59 Å². The van der Waals surface area contributed by atoms with Crippen molar-refractivity contribution in [3.8, 4) is 0 Å². The molecule has 0 bridgehead atoms. The molecule has 2 aromatic heterocycles. The summed E-state index contributed by atoms with van der Waals surface area (Å²) < 4.78 is 5.61. The Morgan fingerprint density at radius 2 is 2.17 bits per heavy atom. The van der Waals surface area contributed by atoms with Gasteiger partial charge in [-0.3, -0.25) is 14.9 Å². The van der Waals surface area contributed by atoms with E-state index in [4.69, 9.17) is 4.42 Å². The lowest BCUT2D eigenvalue weighted by Crippen LogP contribution is -2.15. The largest absolute Gasteiger partial charge is 0.450 e. The number of benzene rings is 1. The van der Waals surface area contributed by atoms with Gasteiger partial charge in [0.05, 0.1) is 5.39 Å². The van der Waals surface area contributed by atoms with Gasteiger partial charge in [0.1, 0.15) is 10.6 Å². The minimum absolute atomic E-state index is 0.0379. The van der Waals surface area contributed by atoms with E-state index in [-0.39, 0.29) is 11.2 Å². The molecule has 1 aromatic carbocycles. The molecule has 1 amide bonds. The maximum Gasteiger partial charge on any atom is 0.293 e. The predicted molar refractivity (Wildman–Crippen MR) is 89.1 cm³/mol. The number of rotatable bonds is 4. The van der Waals surface area contributed by atoms with E-state index in [0.717, 1.165) is 23.4 Å². The minimum Gasteiger partial charge on any atom is -0.450 e. The van der Waals surface area contributed by atoms with Gasteiger partial charge in [-0.2, -0.15) is 0 Å². The third-order valence-corrected chi connectivity index (χ3v) is 4.22. The number of aryl methyl sites for hydroxylation is 2. The highest BCUT2D eigenvalue weighted by Gasteiger charge is 2.15. The molecule has 6 nitrogen and oxygen atoms in total. The van der Waals surface area contributed by atoms with Gasteiger partial charge in [-0.05, 0) is 25.0 Å². The molecule has 0 aliphatic heterocycles. The van der Waals surface area contributed by atoms with Crippen molar-refractivity contribution in [2.24, 2.45) is 0 Å². The molecule has 7 heteroatoms. The molecule has 0 spiro atoms. The first kappa shape index (κ1) is 15.4. The minimum atomic E-state index is -0.508. The average molecular weight is 329 g/mol. The summed E-state index contributed by atoms with van der Waals surface area (Å²) >= 11 is 1.32. The lowest BCUT2D eigenvalue weighted by molar-refractivity contribution is 0.0997. The van der Waals surface area contributed by atoms with Gasteiger partial charge in [0, 0.05) is 12.5 Å². The van der Waals surface area contributed by atoms with Crippen LogP contribution >= 0.6 is 11.3 Å². The Morgan fingerprint density at radius 1 is 1.35 bits per heavy atom. The molecule has 0 saturated carbocycles. The number of para-hydroxylation sites is 1. The molecule has 0 atom stereocenters. The number of nitrogens with zero attached hydrogens (tertiary/aromatic N) is 2. The number of carbonyl (C=O) groups is 1. The van der Waals surface area contributed by atoms with Crippen LogP contribution in [0.15, 0.2) is 33.5 Å². The zero-order chi connectivity index (χ0) is 16.4. The summed E-state index contributed by atoms with van der Waals surface area (Å²) in [5.74, 6) is -0.546. The Kier molecular flexibility index (Phi) is 4.20. The summed E-state index contributed by atoms with van der Waals surface area (Å²) in [6.45, 7) is 3.88. The number of carbonyl (C=O) groups excluding carboxylic acids is 1. The molecule has 2 heterocycles. The van der Waals surface area contributed by atoms with Gasteiger partial charge >= 0.3 is 0 Å². The second-order valence-corrected chi connectivity index (χ2v) is 6.19. The molecular weight excluding hydrogens is 314 g/mol. The molecule has 0 radical (unpaired) electrons. The third kappa shape index (κ3) is 3.14. The highest BCUT2D eigenvalue weighted by molar-refractivity contribution is 7.15. The van der Waals surface area contributed by atoms with Crippen LogP contribution in [0.3, 0.4) is 0 Å². The van der Waals surface area contributed by atoms with Gasteiger partial charge in [-0.1, -0.05) is 30.4 Å². The van der Waals surface area contributed by atoms with Gasteiger partial charge in [-0.15, -0.1) is 10.2 Å². The number of anilines is 1. The number of hydrogen-bond donors (Lipinski definition) is 1. The molecule has 0 fully saturated rings. The van der Waals surface area contributed by atoms with Gasteiger partial charge in [0.25, 0.3) is 5.91 Å². The lowest BCUT2D eigenvalue weighted by Gasteiger charge is -2.04. The second kappa shape index (κ2) is 6.29. The monoisotopic (exact) mass is 329 g/mol. The summed E-state index contributed by atoms with van der Waals surface area (Å²) in [7, 11) is 0. The summed E-state index contributed by atoms with van der Waals surface area (Å²) in [5.41, 5.74) is 0.980. The highest BCUT2D eigenvalue weighted by atomic mass is 32.1. The van der Waals surface area contributed by atoms with Gasteiger partial charge < -0.3 is 4.42 Å². The molecule has 0 aliphatic carbocycles. The van der Waals surface area contributed by atoms with Crippen molar-refractivity contribution in [1.82, 2.24) is 10.2 Å². The molecule has 3 rings (SSSR count). The molecule has 23 heavy (non-hydrogen) atoms. The van der Waals surface area contributed by atoms with Crippen molar-refractivity contribution in [3.63, 3.8) is 0 Å². The normalized spacial score (nSPS) is 10.9. The van der Waals surface area contributed by atoms with Crippen molar-refractivity contribution in [2.75, 3.05) is 5.32 Å². The van der Waals surface area contributed by atoms with E-state index >= 15 is 0 Å². The van der Waals surface area contributed by atoms with E-state index in [1.165, 1.54) is 17.4 Å². The van der Waals surface area contributed by atoms with Crippen LogP contribution in [0.4, 0.5) is 5.13 Å². The maximum atomic E-state index is 12.3. The van der Waals surface area contributed by atoms with Crippen LogP contribution < -0.4 is 10.7 Å². The van der Waals surface area contributed by atoms with Crippen LogP contribution in [0.2, 0.25) is 0 Å². The standard InChI is InChI=1S/C16H15N3O3S/c1-3-5-13-18-19-16(23-13)17-15(21)12-8-11(20)10-7-4-6-9(2)14(10)22-12/h4,6-8H,3,5H2,1-2H3,(H,17,19,21). The van der Waals surface area contributed by atoms with Crippen LogP contribution in [0.25, 0.3) is 11.0 Å². The van der Waals surface area contributed by atoms with Crippen molar-refractivity contribution in [1.29, 1.82) is 0 Å². The highest BCUT2D eigenvalue weighted by Crippen LogP contribution is 2.19. The lowest BCUT2D eigenvalue weighted by atomic mass is 10.1. The average Bonchev–Trinajstić information content (AvgIpc) is 2.95. The number of amides is 1. The van der Waals surface area contributed by atoms with Crippen LogP contribution in [0.1, 0.15) is 34.5 Å². The predicted octanol–water partition coefficient (Wildman–Crippen LogP) is 3.16. The summed E-state index contributed by atoms with van der Waals surface area (Å²) in [5, 5.41) is 12.3. The molecule has 0 aliphatic rings. The summed E-state index contributed by atoms with van der Waals surface area (Å²) in [4.78, 5) is 24.4. The number of nitrogens with one attached hydrogen (secondary N) is 1. The van der Waals surface area contributed by atoms with E-state index in [1.807, 2.05) is 19.9 Å². The molecule has 1 N–H and O–H groups in total. The molecule has 3 aromatic rings. The Hall–Kier alpha value is -2.54. The molecule has 118 valence electrons. The van der Waals surface area contributed by atoms with Crippen molar-refractivity contribution in [2.45, 2.75) is 26.7 Å². The first-order valence-electron chi connectivity index (χ1n) is 7.25. The van der Waals surface area contributed by atoms with Crippen molar-refractivity contribution < 1.29 is 9.21 Å². The molecular formula is C16H15N3O3S. The van der Waals surface area contributed by atoms with Crippen molar-refractivity contribution in [3.05, 3.63) is 50.8 Å². The van der Waals surface area contributed by atoms with E-state index < -0.39 is 5.91 Å². The van der Waals surface area contributed by atoms with Crippen LogP contribution in [-0.2, 0) is 6.42 Å². The van der Waals surface area contributed by atoms with Crippen LogP contribution in [0, 0.1) is 6.92 Å². The molecule has 0 unspecified atom stereocenters. The SMILES string of the molecule is CCCc1nnc(NC(=O)c2cc(=O)c3cccc(C)c3o2)s1. The molecule has 0 saturated heterocycles. The Balaban J connectivity index is 1.91. The Labute approximate surface area is 136 Å². The number of hydrogen-bond acceptors (Lipinski definition) is 6. The fourth-order valence-electron chi connectivity index (χ4n) is 2.21. The Morgan fingerprint density at radius 3 is 2.96 bits per heavy atom. The quantitative estimate of drug-likeness (QED) is 0.794. The van der Waals surface area contributed by atoms with Gasteiger partial charge in [0.2, 0.25) is 5.13 Å². The van der Waals surface area contributed by atoms with Crippen LogP contribution in [0.5, 0.6) is 0 Å². The Bertz CT molecular complexity index is 930. The topological polar surface area (TPSA) is 85.1 Å². The number of fused-ring (bicyclic) bond motifs is 1. The zero-order valence-electron chi connectivity index (χ0n) is 12.8. The smallest absolute Gasteiger partial charge is 0.293 e. The van der Waals surface area contributed by atoms with Crippen LogP contribution in [-0.4, -0.2) is 16.1 Å². The van der Waals surface area contributed by atoms with E-state index in [1.54, 1.807) is 12.1 Å². The fraction of sp³-hybridized carbons (Fsp3) is 0.250. The van der Waals surface area contributed by atoms with Gasteiger partial charge in [0.15, 0.2) is 11.2 Å². The summed E-state index contributed by atoms with van der Waals surface area (Å²) in [6, 6.07) is 6.49. The summed E-state index contributed by atoms with van der Waals surface area (Å²) in [6.07, 6.45) is 1.78. The van der Waals surface area contributed by atoms with Gasteiger partial charge in [-0.25, -0.2) is 0 Å². The number of aromatic nitrogens is 2. The third-order valence-electron chi connectivity index (χ3n) is 3.33. The zero-order valence-corrected chi connectivity index (χ0v) is 13.6.